The molecule has 0 heterocycles. The van der Waals surface area contributed by atoms with Crippen LogP contribution in [0.3, 0.4) is 0 Å². The first-order valence-electron chi connectivity index (χ1n) is 6.44. The summed E-state index contributed by atoms with van der Waals surface area (Å²) < 4.78 is 5.18. The van der Waals surface area contributed by atoms with Gasteiger partial charge in [-0.25, -0.2) is 0 Å². The number of benzene rings is 2. The number of halogens is 3. The number of hydrogen-bond acceptors (Lipinski definition) is 2. The van der Waals surface area contributed by atoms with Crippen LogP contribution in [0.25, 0.3) is 0 Å². The summed E-state index contributed by atoms with van der Waals surface area (Å²) in [6, 6.07) is 9.39. The minimum atomic E-state index is -0.0981. The van der Waals surface area contributed by atoms with Gasteiger partial charge in [-0.2, -0.15) is 0 Å². The van der Waals surface area contributed by atoms with Gasteiger partial charge in [0, 0.05) is 16.1 Å². The second-order valence-corrected chi connectivity index (χ2v) is 5.96. The normalized spacial score (nSPS) is 12.3. The van der Waals surface area contributed by atoms with Crippen molar-refractivity contribution in [1.82, 2.24) is 5.32 Å². The van der Waals surface area contributed by atoms with Crippen molar-refractivity contribution in [2.24, 2.45) is 0 Å². The van der Waals surface area contributed by atoms with Crippen LogP contribution in [-0.2, 0) is 0 Å². The molecule has 5 heteroatoms. The maximum atomic E-state index is 6.36. The Balaban J connectivity index is 2.50. The fourth-order valence-electron chi connectivity index (χ4n) is 2.21. The molecule has 0 radical (unpaired) electrons. The molecule has 2 rings (SSSR count). The minimum Gasteiger partial charge on any atom is -0.495 e. The number of hydrogen-bond donors (Lipinski definition) is 1. The molecule has 0 aliphatic rings. The zero-order valence-electron chi connectivity index (χ0n) is 12.0. The zero-order valence-corrected chi connectivity index (χ0v) is 14.3. The molecule has 1 unspecified atom stereocenters. The minimum absolute atomic E-state index is 0.0981. The van der Waals surface area contributed by atoms with Crippen molar-refractivity contribution in [3.8, 4) is 5.75 Å². The lowest BCUT2D eigenvalue weighted by Gasteiger charge is -2.20. The Kier molecular flexibility index (Phi) is 5.39. The molecule has 0 saturated carbocycles. The quantitative estimate of drug-likeness (QED) is 0.815. The zero-order chi connectivity index (χ0) is 15.6. The van der Waals surface area contributed by atoms with E-state index in [2.05, 4.69) is 5.32 Å². The molecule has 0 aliphatic heterocycles. The van der Waals surface area contributed by atoms with E-state index in [9.17, 15) is 0 Å². The van der Waals surface area contributed by atoms with Gasteiger partial charge < -0.3 is 10.1 Å². The maximum Gasteiger partial charge on any atom is 0.138 e. The Labute approximate surface area is 140 Å². The third kappa shape index (κ3) is 3.46. The predicted octanol–water partition coefficient (Wildman–Crippen LogP) is 5.27. The van der Waals surface area contributed by atoms with Crippen LogP contribution in [-0.4, -0.2) is 14.2 Å². The van der Waals surface area contributed by atoms with E-state index in [0.29, 0.717) is 15.8 Å². The SMILES string of the molecule is CNC(c1ccc(C)c(Cl)c1)c1cc(Cl)c(OC)cc1Cl. The third-order valence-corrected chi connectivity index (χ3v) is 4.43. The van der Waals surface area contributed by atoms with Gasteiger partial charge in [0.1, 0.15) is 5.75 Å². The molecule has 0 fully saturated rings. The topological polar surface area (TPSA) is 21.3 Å². The van der Waals surface area contributed by atoms with Crippen LogP contribution < -0.4 is 10.1 Å². The van der Waals surface area contributed by atoms with E-state index in [0.717, 1.165) is 21.7 Å². The Morgan fingerprint density at radius 3 is 2.29 bits per heavy atom. The molecule has 0 aromatic heterocycles. The highest BCUT2D eigenvalue weighted by Gasteiger charge is 2.18. The molecule has 1 atom stereocenters. The van der Waals surface area contributed by atoms with Gasteiger partial charge in [0.25, 0.3) is 0 Å². The highest BCUT2D eigenvalue weighted by molar-refractivity contribution is 6.35. The summed E-state index contributed by atoms with van der Waals surface area (Å²) in [6.45, 7) is 1.97. The number of aryl methyl sites for hydroxylation is 1. The van der Waals surface area contributed by atoms with E-state index in [4.69, 9.17) is 39.5 Å². The van der Waals surface area contributed by atoms with Crippen molar-refractivity contribution < 1.29 is 4.74 Å². The summed E-state index contributed by atoms with van der Waals surface area (Å²) in [6.07, 6.45) is 0. The van der Waals surface area contributed by atoms with Crippen LogP contribution in [0.4, 0.5) is 0 Å². The van der Waals surface area contributed by atoms with Gasteiger partial charge in [0.2, 0.25) is 0 Å². The molecular formula is C16H16Cl3NO. The molecule has 2 aromatic carbocycles. The van der Waals surface area contributed by atoms with Gasteiger partial charge in [0.05, 0.1) is 18.2 Å². The van der Waals surface area contributed by atoms with E-state index in [1.807, 2.05) is 38.2 Å². The Morgan fingerprint density at radius 2 is 1.71 bits per heavy atom. The molecule has 112 valence electrons. The second-order valence-electron chi connectivity index (χ2n) is 4.74. The second kappa shape index (κ2) is 6.89. The number of methoxy groups -OCH3 is 1. The van der Waals surface area contributed by atoms with Gasteiger partial charge in [-0.05, 0) is 42.8 Å². The largest absolute Gasteiger partial charge is 0.495 e. The van der Waals surface area contributed by atoms with E-state index >= 15 is 0 Å². The van der Waals surface area contributed by atoms with Gasteiger partial charge in [-0.1, -0.05) is 46.9 Å². The van der Waals surface area contributed by atoms with Crippen molar-refractivity contribution in [3.63, 3.8) is 0 Å². The molecule has 0 bridgehead atoms. The molecule has 0 amide bonds. The van der Waals surface area contributed by atoms with Gasteiger partial charge in [-0.15, -0.1) is 0 Å². The Bertz CT molecular complexity index is 658. The summed E-state index contributed by atoms with van der Waals surface area (Å²) >= 11 is 18.8. The molecule has 2 nitrogen and oxygen atoms in total. The van der Waals surface area contributed by atoms with Crippen molar-refractivity contribution >= 4 is 34.8 Å². The summed E-state index contributed by atoms with van der Waals surface area (Å²) in [5.74, 6) is 0.558. The van der Waals surface area contributed by atoms with Crippen LogP contribution in [0.2, 0.25) is 15.1 Å². The highest BCUT2D eigenvalue weighted by Crippen LogP contribution is 2.36. The predicted molar refractivity (Wildman–Crippen MR) is 90.1 cm³/mol. The van der Waals surface area contributed by atoms with E-state index in [1.54, 1.807) is 13.2 Å². The van der Waals surface area contributed by atoms with Crippen molar-refractivity contribution in [3.05, 3.63) is 62.1 Å². The molecule has 0 aliphatic carbocycles. The first-order chi connectivity index (χ1) is 9.97. The van der Waals surface area contributed by atoms with E-state index in [1.165, 1.54) is 0 Å². The number of nitrogens with one attached hydrogen (secondary N) is 1. The lowest BCUT2D eigenvalue weighted by atomic mass is 9.97. The van der Waals surface area contributed by atoms with Gasteiger partial charge >= 0.3 is 0 Å². The van der Waals surface area contributed by atoms with E-state index < -0.39 is 0 Å². The smallest absolute Gasteiger partial charge is 0.138 e. The molecule has 21 heavy (non-hydrogen) atoms. The van der Waals surface area contributed by atoms with Gasteiger partial charge in [0.15, 0.2) is 0 Å². The van der Waals surface area contributed by atoms with Crippen molar-refractivity contribution in [1.29, 1.82) is 0 Å². The van der Waals surface area contributed by atoms with Crippen LogP contribution in [0.5, 0.6) is 5.75 Å². The highest BCUT2D eigenvalue weighted by atomic mass is 35.5. The van der Waals surface area contributed by atoms with Crippen molar-refractivity contribution in [2.75, 3.05) is 14.2 Å². The Hall–Kier alpha value is -0.930. The first-order valence-corrected chi connectivity index (χ1v) is 7.57. The molecule has 1 N–H and O–H groups in total. The molecule has 0 saturated heterocycles. The van der Waals surface area contributed by atoms with Crippen LogP contribution in [0.1, 0.15) is 22.7 Å². The van der Waals surface area contributed by atoms with Crippen molar-refractivity contribution in [2.45, 2.75) is 13.0 Å². The summed E-state index contributed by atoms with van der Waals surface area (Å²) in [7, 11) is 3.43. The van der Waals surface area contributed by atoms with E-state index in [-0.39, 0.29) is 6.04 Å². The number of rotatable bonds is 4. The summed E-state index contributed by atoms with van der Waals surface area (Å²) in [5, 5.41) is 5.08. The van der Waals surface area contributed by atoms with Crippen LogP contribution in [0.15, 0.2) is 30.3 Å². The average molecular weight is 345 g/mol. The third-order valence-electron chi connectivity index (χ3n) is 3.40. The Morgan fingerprint density at radius 1 is 1.00 bits per heavy atom. The summed E-state index contributed by atoms with van der Waals surface area (Å²) in [4.78, 5) is 0. The molecule has 2 aromatic rings. The monoisotopic (exact) mass is 343 g/mol. The molecular weight excluding hydrogens is 329 g/mol. The molecule has 0 spiro atoms. The van der Waals surface area contributed by atoms with Gasteiger partial charge in [-0.3, -0.25) is 0 Å². The number of ether oxygens (including phenoxy) is 1. The van der Waals surface area contributed by atoms with Crippen LogP contribution in [0, 0.1) is 6.92 Å². The summed E-state index contributed by atoms with van der Waals surface area (Å²) in [5.41, 5.74) is 2.94. The lowest BCUT2D eigenvalue weighted by molar-refractivity contribution is 0.415. The average Bonchev–Trinajstić information content (AvgIpc) is 2.46. The van der Waals surface area contributed by atoms with Crippen LogP contribution >= 0.6 is 34.8 Å². The fraction of sp³-hybridized carbons (Fsp3) is 0.250. The maximum absolute atomic E-state index is 6.36. The fourth-order valence-corrected chi connectivity index (χ4v) is 2.91. The lowest BCUT2D eigenvalue weighted by Crippen LogP contribution is -2.18. The standard InChI is InChI=1S/C16H16Cl3NO/c1-9-4-5-10(6-12(9)17)16(20-2)11-7-14(19)15(21-3)8-13(11)18/h4-8,16,20H,1-3H3. The first kappa shape index (κ1) is 16.4.